The van der Waals surface area contributed by atoms with Gasteiger partial charge in [-0.3, -0.25) is 4.79 Å². The van der Waals surface area contributed by atoms with Crippen LogP contribution >= 0.6 is 11.6 Å². The number of allylic oxidation sites excluding steroid dienone is 1. The molecule has 0 N–H and O–H groups in total. The van der Waals surface area contributed by atoms with E-state index in [0.29, 0.717) is 6.42 Å². The average molecular weight is 259 g/mol. The molecule has 92 valence electrons. The number of hydrogen-bond donors (Lipinski definition) is 0. The topological polar surface area (TPSA) is 17.1 Å². The van der Waals surface area contributed by atoms with Gasteiger partial charge >= 0.3 is 0 Å². The summed E-state index contributed by atoms with van der Waals surface area (Å²) < 4.78 is 0. The van der Waals surface area contributed by atoms with Gasteiger partial charge in [-0.25, -0.2) is 0 Å². The van der Waals surface area contributed by atoms with Crippen LogP contribution in [-0.2, 0) is 10.2 Å². The Labute approximate surface area is 112 Å². The van der Waals surface area contributed by atoms with E-state index < -0.39 is 5.41 Å². The Kier molecular flexibility index (Phi) is 3.53. The Hall–Kier alpha value is -1.60. The summed E-state index contributed by atoms with van der Waals surface area (Å²) in [5.41, 5.74) is 0.231. The average Bonchev–Trinajstić information content (AvgIpc) is 2.38. The number of benzene rings is 2. The first-order chi connectivity index (χ1) is 8.58. The molecule has 0 radical (unpaired) electrons. The van der Waals surface area contributed by atoms with Crippen molar-refractivity contribution >= 4 is 27.6 Å². The van der Waals surface area contributed by atoms with Crippen molar-refractivity contribution in [2.75, 3.05) is 0 Å². The van der Waals surface area contributed by atoms with E-state index in [2.05, 4.69) is 6.58 Å². The van der Waals surface area contributed by atoms with Gasteiger partial charge in [-0.15, -0.1) is 6.58 Å². The fourth-order valence-corrected chi connectivity index (χ4v) is 2.32. The Morgan fingerprint density at radius 2 is 1.94 bits per heavy atom. The molecule has 2 rings (SSSR count). The first-order valence-corrected chi connectivity index (χ1v) is 6.26. The van der Waals surface area contributed by atoms with Crippen LogP contribution in [0.5, 0.6) is 0 Å². The predicted octanol–water partition coefficient (Wildman–Crippen LogP) is 4.44. The summed E-state index contributed by atoms with van der Waals surface area (Å²) >= 11 is 5.76. The van der Waals surface area contributed by atoms with Crippen LogP contribution in [-0.4, -0.2) is 5.24 Å². The van der Waals surface area contributed by atoms with Crippen LogP contribution < -0.4 is 0 Å². The molecule has 0 saturated heterocycles. The lowest BCUT2D eigenvalue weighted by Crippen LogP contribution is -2.28. The van der Waals surface area contributed by atoms with Crippen molar-refractivity contribution in [3.63, 3.8) is 0 Å². The van der Waals surface area contributed by atoms with Crippen molar-refractivity contribution < 1.29 is 4.79 Å². The highest BCUT2D eigenvalue weighted by atomic mass is 35.5. The zero-order valence-corrected chi connectivity index (χ0v) is 11.1. The summed E-state index contributed by atoms with van der Waals surface area (Å²) in [5.74, 6) is 0. The van der Waals surface area contributed by atoms with Gasteiger partial charge < -0.3 is 0 Å². The van der Waals surface area contributed by atoms with E-state index in [1.54, 1.807) is 6.08 Å². The zero-order valence-electron chi connectivity index (χ0n) is 10.3. The first-order valence-electron chi connectivity index (χ1n) is 5.88. The molecule has 0 aliphatic heterocycles. The van der Waals surface area contributed by atoms with Crippen LogP contribution in [0.2, 0.25) is 0 Å². The molecule has 2 aromatic rings. The summed E-state index contributed by atoms with van der Waals surface area (Å²) in [7, 11) is 0. The predicted molar refractivity (Wildman–Crippen MR) is 77.0 cm³/mol. The monoisotopic (exact) mass is 258 g/mol. The van der Waals surface area contributed by atoms with Crippen molar-refractivity contribution in [2.24, 2.45) is 0 Å². The first kappa shape index (κ1) is 12.8. The minimum absolute atomic E-state index is 0.349. The molecule has 1 unspecified atom stereocenters. The molecule has 1 nitrogen and oxygen atoms in total. The van der Waals surface area contributed by atoms with Gasteiger partial charge in [-0.05, 0) is 41.3 Å². The zero-order chi connectivity index (χ0) is 13.2. The van der Waals surface area contributed by atoms with Crippen molar-refractivity contribution in [1.29, 1.82) is 0 Å². The van der Waals surface area contributed by atoms with Gasteiger partial charge in [0.15, 0.2) is 0 Å². The highest BCUT2D eigenvalue weighted by Gasteiger charge is 2.32. The molecular weight excluding hydrogens is 244 g/mol. The van der Waals surface area contributed by atoms with Crippen molar-refractivity contribution in [2.45, 2.75) is 18.8 Å². The van der Waals surface area contributed by atoms with Crippen LogP contribution in [0.25, 0.3) is 10.8 Å². The van der Waals surface area contributed by atoms with Crippen molar-refractivity contribution in [1.82, 2.24) is 0 Å². The second-order valence-electron chi connectivity index (χ2n) is 4.66. The van der Waals surface area contributed by atoms with E-state index >= 15 is 0 Å². The normalized spacial score (nSPS) is 14.1. The lowest BCUT2D eigenvalue weighted by Gasteiger charge is -2.24. The molecule has 1 atom stereocenters. The number of rotatable bonds is 4. The van der Waals surface area contributed by atoms with Gasteiger partial charge in [-0.2, -0.15) is 0 Å². The van der Waals surface area contributed by atoms with Gasteiger partial charge in [0.1, 0.15) is 0 Å². The number of halogens is 1. The van der Waals surface area contributed by atoms with Gasteiger partial charge in [-0.1, -0.05) is 48.5 Å². The van der Waals surface area contributed by atoms with Crippen molar-refractivity contribution in [3.8, 4) is 0 Å². The second kappa shape index (κ2) is 4.95. The molecule has 0 amide bonds. The molecule has 0 aliphatic rings. The summed E-state index contributed by atoms with van der Waals surface area (Å²) in [5, 5.41) is 1.92. The Morgan fingerprint density at radius 3 is 2.56 bits per heavy atom. The van der Waals surface area contributed by atoms with Crippen LogP contribution in [0.15, 0.2) is 55.1 Å². The smallest absolute Gasteiger partial charge is 0.232 e. The van der Waals surface area contributed by atoms with E-state index in [4.69, 9.17) is 11.6 Å². The molecule has 2 aromatic carbocycles. The van der Waals surface area contributed by atoms with Crippen LogP contribution in [0.1, 0.15) is 18.9 Å². The SMILES string of the molecule is C=CCC(C)(C(=O)Cl)c1ccc2ccccc2c1. The minimum Gasteiger partial charge on any atom is -0.280 e. The minimum atomic E-state index is -0.701. The summed E-state index contributed by atoms with van der Waals surface area (Å²) in [6, 6.07) is 14.1. The summed E-state index contributed by atoms with van der Waals surface area (Å²) in [6.07, 6.45) is 2.27. The van der Waals surface area contributed by atoms with E-state index in [1.165, 1.54) is 0 Å². The number of fused-ring (bicyclic) bond motifs is 1. The Balaban J connectivity index is 2.58. The van der Waals surface area contributed by atoms with Crippen LogP contribution in [0.4, 0.5) is 0 Å². The molecular formula is C16H15ClO. The highest BCUT2D eigenvalue weighted by molar-refractivity contribution is 6.65. The summed E-state index contributed by atoms with van der Waals surface area (Å²) in [4.78, 5) is 11.7. The highest BCUT2D eigenvalue weighted by Crippen LogP contribution is 2.32. The van der Waals surface area contributed by atoms with E-state index in [9.17, 15) is 4.79 Å². The number of carbonyl (C=O) groups is 1. The second-order valence-corrected chi connectivity index (χ2v) is 5.00. The fourth-order valence-electron chi connectivity index (χ4n) is 2.13. The molecule has 0 aliphatic carbocycles. The number of hydrogen-bond acceptors (Lipinski definition) is 1. The maximum Gasteiger partial charge on any atom is 0.232 e. The van der Waals surface area contributed by atoms with Crippen molar-refractivity contribution in [3.05, 3.63) is 60.7 Å². The maximum atomic E-state index is 11.7. The Morgan fingerprint density at radius 1 is 1.28 bits per heavy atom. The molecule has 0 spiro atoms. The quantitative estimate of drug-likeness (QED) is 0.585. The van der Waals surface area contributed by atoms with Gasteiger partial charge in [0.2, 0.25) is 5.24 Å². The molecule has 2 heteroatoms. The molecule has 18 heavy (non-hydrogen) atoms. The van der Waals surface area contributed by atoms with Gasteiger partial charge in [0.05, 0.1) is 5.41 Å². The summed E-state index contributed by atoms with van der Waals surface area (Å²) in [6.45, 7) is 5.56. The van der Waals surface area contributed by atoms with Crippen LogP contribution in [0, 0.1) is 0 Å². The molecule has 0 aromatic heterocycles. The third-order valence-corrected chi connectivity index (χ3v) is 3.79. The fraction of sp³-hybridized carbons (Fsp3) is 0.188. The molecule has 0 saturated carbocycles. The van der Waals surface area contributed by atoms with E-state index in [-0.39, 0.29) is 5.24 Å². The van der Waals surface area contributed by atoms with E-state index in [1.807, 2.05) is 49.4 Å². The van der Waals surface area contributed by atoms with Gasteiger partial charge in [0.25, 0.3) is 0 Å². The third-order valence-electron chi connectivity index (χ3n) is 3.37. The molecule has 0 fully saturated rings. The van der Waals surface area contributed by atoms with Crippen LogP contribution in [0.3, 0.4) is 0 Å². The lowest BCUT2D eigenvalue weighted by atomic mass is 9.80. The molecule has 0 heterocycles. The van der Waals surface area contributed by atoms with Gasteiger partial charge in [0, 0.05) is 0 Å². The number of carbonyl (C=O) groups excluding carboxylic acids is 1. The van der Waals surface area contributed by atoms with E-state index in [0.717, 1.165) is 16.3 Å². The third kappa shape index (κ3) is 2.19. The maximum absolute atomic E-state index is 11.7. The largest absolute Gasteiger partial charge is 0.280 e. The standard InChI is InChI=1S/C16H15ClO/c1-3-10-16(2,15(17)18)14-9-8-12-6-4-5-7-13(12)11-14/h3-9,11H,1,10H2,2H3. The lowest BCUT2D eigenvalue weighted by molar-refractivity contribution is -0.116. The Bertz CT molecular complexity index is 603. The molecule has 0 bridgehead atoms.